The molecule has 0 aliphatic carbocycles. The lowest BCUT2D eigenvalue weighted by Crippen LogP contribution is -2.25. The molecule has 0 unspecified atom stereocenters. The number of methoxy groups -OCH3 is 1. The van der Waals surface area contributed by atoms with Crippen LogP contribution >= 0.6 is 23.4 Å². The van der Waals surface area contributed by atoms with Crippen LogP contribution in [-0.2, 0) is 9.59 Å². The highest BCUT2D eigenvalue weighted by Crippen LogP contribution is 2.39. The van der Waals surface area contributed by atoms with Crippen molar-refractivity contribution >= 4 is 51.7 Å². The third-order valence-electron chi connectivity index (χ3n) is 6.22. The predicted octanol–water partition coefficient (Wildman–Crippen LogP) is 5.83. The van der Waals surface area contributed by atoms with Gasteiger partial charge in [0.25, 0.3) is 5.91 Å². The summed E-state index contributed by atoms with van der Waals surface area (Å²) in [6.45, 7) is 1.98. The van der Waals surface area contributed by atoms with Crippen LogP contribution in [-0.4, -0.2) is 40.1 Å². The number of halogens is 1. The number of hydrogen-bond acceptors (Lipinski definition) is 6. The highest BCUT2D eigenvalue weighted by Gasteiger charge is 2.39. The summed E-state index contributed by atoms with van der Waals surface area (Å²) in [7, 11) is 1.63. The summed E-state index contributed by atoms with van der Waals surface area (Å²) in [5, 5.41) is 10.1. The van der Waals surface area contributed by atoms with Crippen LogP contribution in [0.15, 0.2) is 82.9 Å². The van der Waals surface area contributed by atoms with Gasteiger partial charge in [-0.05, 0) is 66.6 Å². The number of carbonyl (C=O) groups is 2. The summed E-state index contributed by atoms with van der Waals surface area (Å²) in [6.07, 6.45) is 0.652. The van der Waals surface area contributed by atoms with Crippen LogP contribution in [0.3, 0.4) is 0 Å². The fraction of sp³-hybridized carbons (Fsp3) is 0.214. The summed E-state index contributed by atoms with van der Waals surface area (Å²) in [6, 6.07) is 22.7. The van der Waals surface area contributed by atoms with Gasteiger partial charge in [0.2, 0.25) is 5.91 Å². The van der Waals surface area contributed by atoms with Gasteiger partial charge in [0.1, 0.15) is 11.0 Å². The zero-order valence-electron chi connectivity index (χ0n) is 20.3. The summed E-state index contributed by atoms with van der Waals surface area (Å²) < 4.78 is 5.28. The van der Waals surface area contributed by atoms with Crippen LogP contribution < -0.4 is 10.1 Å². The predicted molar refractivity (Wildman–Crippen MR) is 148 cm³/mol. The quantitative estimate of drug-likeness (QED) is 0.431. The van der Waals surface area contributed by atoms with Crippen molar-refractivity contribution < 1.29 is 14.3 Å². The van der Waals surface area contributed by atoms with Gasteiger partial charge in [0.05, 0.1) is 18.9 Å². The highest BCUT2D eigenvalue weighted by molar-refractivity contribution is 8.15. The number of thioether (sulfide) groups is 1. The number of carbonyl (C=O) groups excluding carboxylic acids is 2. The first kappa shape index (κ1) is 25.0. The van der Waals surface area contributed by atoms with Crippen molar-refractivity contribution in [3.05, 3.63) is 94.5 Å². The molecule has 0 saturated heterocycles. The van der Waals surface area contributed by atoms with Gasteiger partial charge in [-0.25, -0.2) is 5.01 Å². The SMILES string of the molecule is COc1ccc(C2=NN(C3=NC(=O)[C@H](CC(=O)Nc4ccc(C)cc4)S3)[C@H](c3ccc(Cl)cc3)C2)cc1. The molecule has 2 aliphatic rings. The Bertz CT molecular complexity index is 1370. The molecular formula is C28H25ClN4O3S. The molecule has 37 heavy (non-hydrogen) atoms. The van der Waals surface area contributed by atoms with Crippen molar-refractivity contribution in [3.8, 4) is 5.75 Å². The fourth-order valence-corrected chi connectivity index (χ4v) is 5.40. The van der Waals surface area contributed by atoms with Crippen LogP contribution in [0.5, 0.6) is 5.75 Å². The maximum absolute atomic E-state index is 12.8. The molecule has 188 valence electrons. The van der Waals surface area contributed by atoms with E-state index in [1.807, 2.05) is 79.7 Å². The van der Waals surface area contributed by atoms with Gasteiger partial charge in [0.15, 0.2) is 5.17 Å². The van der Waals surface area contributed by atoms with Crippen LogP contribution in [0, 0.1) is 6.92 Å². The summed E-state index contributed by atoms with van der Waals surface area (Å²) in [5.74, 6) is 0.202. The number of amides is 2. The third kappa shape index (κ3) is 5.70. The molecule has 2 aliphatic heterocycles. The third-order valence-corrected chi connectivity index (χ3v) is 7.61. The van der Waals surface area contributed by atoms with E-state index in [1.165, 1.54) is 11.8 Å². The number of nitrogens with one attached hydrogen (secondary N) is 1. The smallest absolute Gasteiger partial charge is 0.262 e. The molecule has 1 N–H and O–H groups in total. The Kier molecular flexibility index (Phi) is 7.30. The zero-order valence-corrected chi connectivity index (χ0v) is 21.9. The number of hydrogen-bond donors (Lipinski definition) is 1. The van der Waals surface area contributed by atoms with E-state index in [-0.39, 0.29) is 24.3 Å². The second-order valence-corrected chi connectivity index (χ2v) is 10.5. The fourth-order valence-electron chi connectivity index (χ4n) is 4.21. The van der Waals surface area contributed by atoms with E-state index < -0.39 is 5.25 Å². The maximum atomic E-state index is 12.8. The lowest BCUT2D eigenvalue weighted by atomic mass is 9.98. The number of amidine groups is 1. The first-order chi connectivity index (χ1) is 17.9. The summed E-state index contributed by atoms with van der Waals surface area (Å²) in [5.41, 5.74) is 4.65. The highest BCUT2D eigenvalue weighted by atomic mass is 35.5. The molecule has 0 radical (unpaired) electrons. The number of aryl methyl sites for hydroxylation is 1. The molecular weight excluding hydrogens is 508 g/mol. The number of ether oxygens (including phenoxy) is 1. The van der Waals surface area contributed by atoms with E-state index in [2.05, 4.69) is 10.3 Å². The van der Waals surface area contributed by atoms with Crippen molar-refractivity contribution in [1.29, 1.82) is 0 Å². The number of hydrazone groups is 1. The van der Waals surface area contributed by atoms with E-state index in [9.17, 15) is 9.59 Å². The average molecular weight is 533 g/mol. The summed E-state index contributed by atoms with van der Waals surface area (Å²) in [4.78, 5) is 29.7. The van der Waals surface area contributed by atoms with Crippen LogP contribution in [0.25, 0.3) is 0 Å². The Labute approximate surface area is 224 Å². The molecule has 2 heterocycles. The van der Waals surface area contributed by atoms with Gasteiger partial charge < -0.3 is 10.1 Å². The number of aliphatic imine (C=N–C) groups is 1. The Morgan fingerprint density at radius 2 is 1.78 bits per heavy atom. The van der Waals surface area contributed by atoms with Crippen LogP contribution in [0.2, 0.25) is 5.02 Å². The van der Waals surface area contributed by atoms with E-state index in [1.54, 1.807) is 12.1 Å². The van der Waals surface area contributed by atoms with Crippen molar-refractivity contribution in [2.45, 2.75) is 31.1 Å². The van der Waals surface area contributed by atoms with Gasteiger partial charge in [-0.3, -0.25) is 9.59 Å². The minimum atomic E-state index is -0.605. The lowest BCUT2D eigenvalue weighted by Gasteiger charge is -2.23. The number of nitrogens with zero attached hydrogens (tertiary/aromatic N) is 3. The Morgan fingerprint density at radius 3 is 2.46 bits per heavy atom. The molecule has 3 aromatic carbocycles. The van der Waals surface area contributed by atoms with Crippen molar-refractivity contribution in [2.24, 2.45) is 10.1 Å². The number of benzene rings is 3. The van der Waals surface area contributed by atoms with Crippen molar-refractivity contribution in [1.82, 2.24) is 5.01 Å². The zero-order chi connectivity index (χ0) is 25.9. The Hall–Kier alpha value is -3.62. The van der Waals surface area contributed by atoms with E-state index in [0.29, 0.717) is 22.3 Å². The normalized spacial score (nSPS) is 19.0. The standard InChI is InChI=1S/C28H25ClN4O3S/c1-17-3-11-21(12-4-17)30-26(34)16-25-27(35)31-28(37-25)33-24(19-5-9-20(29)10-6-19)15-23(32-33)18-7-13-22(36-2)14-8-18/h3-14,24-25H,15-16H2,1-2H3,(H,30,34)/t24-,25-/m0/s1. The van der Waals surface area contributed by atoms with Crippen LogP contribution in [0.1, 0.15) is 35.6 Å². The largest absolute Gasteiger partial charge is 0.497 e. The van der Waals surface area contributed by atoms with Gasteiger partial charge in [-0.2, -0.15) is 10.1 Å². The topological polar surface area (TPSA) is 83.4 Å². The first-order valence-corrected chi connectivity index (χ1v) is 13.1. The minimum absolute atomic E-state index is 0.0267. The van der Waals surface area contributed by atoms with Crippen LogP contribution in [0.4, 0.5) is 5.69 Å². The van der Waals surface area contributed by atoms with E-state index >= 15 is 0 Å². The molecule has 0 bridgehead atoms. The summed E-state index contributed by atoms with van der Waals surface area (Å²) >= 11 is 7.40. The lowest BCUT2D eigenvalue weighted by molar-refractivity contribution is -0.121. The molecule has 5 rings (SSSR count). The first-order valence-electron chi connectivity index (χ1n) is 11.8. The molecule has 0 fully saturated rings. The molecule has 0 aromatic heterocycles. The van der Waals surface area contributed by atoms with E-state index in [4.69, 9.17) is 21.4 Å². The molecule has 7 nitrogen and oxygen atoms in total. The van der Waals surface area contributed by atoms with Gasteiger partial charge >= 0.3 is 0 Å². The van der Waals surface area contributed by atoms with E-state index in [0.717, 1.165) is 28.2 Å². The Morgan fingerprint density at radius 1 is 1.08 bits per heavy atom. The van der Waals surface area contributed by atoms with Gasteiger partial charge in [0, 0.05) is 23.6 Å². The molecule has 2 atom stereocenters. The second kappa shape index (κ2) is 10.8. The number of rotatable bonds is 6. The van der Waals surface area contributed by atoms with Crippen molar-refractivity contribution in [3.63, 3.8) is 0 Å². The molecule has 0 saturated carbocycles. The molecule has 0 spiro atoms. The van der Waals surface area contributed by atoms with Gasteiger partial charge in [-0.1, -0.05) is 53.2 Å². The second-order valence-electron chi connectivity index (χ2n) is 8.85. The maximum Gasteiger partial charge on any atom is 0.262 e. The van der Waals surface area contributed by atoms with Gasteiger partial charge in [-0.15, -0.1) is 0 Å². The number of anilines is 1. The average Bonchev–Trinajstić information content (AvgIpc) is 3.50. The Balaban J connectivity index is 1.35. The molecule has 2 amide bonds. The van der Waals surface area contributed by atoms with Crippen molar-refractivity contribution in [2.75, 3.05) is 12.4 Å². The molecule has 3 aromatic rings. The molecule has 9 heteroatoms. The monoisotopic (exact) mass is 532 g/mol. The minimum Gasteiger partial charge on any atom is -0.497 e.